The summed E-state index contributed by atoms with van der Waals surface area (Å²) in [5, 5.41) is 2.70. The number of nitrogens with zero attached hydrogens (tertiary/aromatic N) is 2. The number of aromatic nitrogens is 1. The number of hydrogen-bond acceptors (Lipinski definition) is 6. The number of hydrogen-bond donors (Lipinski definition) is 0. The highest BCUT2D eigenvalue weighted by molar-refractivity contribution is 7.91. The van der Waals surface area contributed by atoms with E-state index in [1.807, 2.05) is 5.38 Å². The maximum atomic E-state index is 12.4. The first-order chi connectivity index (χ1) is 9.52. The molecule has 0 aliphatic carbocycles. The molecule has 1 unspecified atom stereocenters. The molecule has 1 aromatic heterocycles. The number of methoxy groups -OCH3 is 1. The van der Waals surface area contributed by atoms with Crippen LogP contribution in [0.3, 0.4) is 0 Å². The molecule has 0 radical (unpaired) electrons. The van der Waals surface area contributed by atoms with Crippen molar-refractivity contribution in [3.63, 3.8) is 0 Å². The van der Waals surface area contributed by atoms with Gasteiger partial charge < -0.3 is 9.64 Å². The van der Waals surface area contributed by atoms with Crippen LogP contribution in [0.5, 0.6) is 0 Å². The van der Waals surface area contributed by atoms with Crippen molar-refractivity contribution in [2.24, 2.45) is 5.92 Å². The van der Waals surface area contributed by atoms with Crippen LogP contribution in [0.25, 0.3) is 0 Å². The molecule has 8 heteroatoms. The molecule has 2 heterocycles. The molecule has 1 saturated heterocycles. The van der Waals surface area contributed by atoms with E-state index in [2.05, 4.69) is 4.98 Å². The Labute approximate surface area is 122 Å². The van der Waals surface area contributed by atoms with Crippen molar-refractivity contribution in [3.05, 3.63) is 16.6 Å². The summed E-state index contributed by atoms with van der Waals surface area (Å²) >= 11 is 1.48. The van der Waals surface area contributed by atoms with Gasteiger partial charge in [-0.3, -0.25) is 4.79 Å². The first kappa shape index (κ1) is 15.4. The van der Waals surface area contributed by atoms with Crippen LogP contribution in [-0.2, 0) is 25.9 Å². The molecule has 0 saturated carbocycles. The highest BCUT2D eigenvalue weighted by Crippen LogP contribution is 2.22. The largest absolute Gasteiger partial charge is 0.383 e. The van der Waals surface area contributed by atoms with E-state index in [0.717, 1.165) is 5.01 Å². The first-order valence-corrected chi connectivity index (χ1v) is 9.08. The van der Waals surface area contributed by atoms with E-state index in [1.54, 1.807) is 18.2 Å². The van der Waals surface area contributed by atoms with Crippen LogP contribution in [0.15, 0.2) is 11.6 Å². The molecule has 1 amide bonds. The van der Waals surface area contributed by atoms with Crippen molar-refractivity contribution in [3.8, 4) is 0 Å². The number of amides is 1. The molecule has 1 aromatic rings. The fraction of sp³-hybridized carbons (Fsp3) is 0.667. The third-order valence-corrected chi connectivity index (χ3v) is 5.80. The van der Waals surface area contributed by atoms with Crippen LogP contribution < -0.4 is 0 Å². The lowest BCUT2D eigenvalue weighted by Crippen LogP contribution is -2.38. The number of carbonyl (C=O) groups is 1. The molecule has 20 heavy (non-hydrogen) atoms. The van der Waals surface area contributed by atoms with Crippen molar-refractivity contribution in [1.29, 1.82) is 0 Å². The molecule has 1 atom stereocenters. The van der Waals surface area contributed by atoms with Crippen LogP contribution in [-0.4, -0.2) is 56.0 Å². The van der Waals surface area contributed by atoms with Gasteiger partial charge in [0.1, 0.15) is 5.01 Å². The van der Waals surface area contributed by atoms with Crippen LogP contribution in [0.4, 0.5) is 0 Å². The Morgan fingerprint density at radius 2 is 2.40 bits per heavy atom. The standard InChI is InChI=1S/C12H18N2O4S2/c1-18-5-4-14(8-11-13-3-6-19-11)12(15)10-2-7-20(16,17)9-10/h3,6,10H,2,4-5,7-9H2,1H3. The lowest BCUT2D eigenvalue weighted by atomic mass is 10.1. The third kappa shape index (κ3) is 4.00. The Balaban J connectivity index is 2.03. The first-order valence-electron chi connectivity index (χ1n) is 6.38. The number of sulfone groups is 1. The lowest BCUT2D eigenvalue weighted by Gasteiger charge is -2.24. The van der Waals surface area contributed by atoms with E-state index in [9.17, 15) is 13.2 Å². The number of thiazole rings is 1. The molecule has 0 spiro atoms. The Kier molecular flexibility index (Phi) is 5.11. The second-order valence-corrected chi connectivity index (χ2v) is 7.99. The Bertz CT molecular complexity index is 542. The topological polar surface area (TPSA) is 76.6 Å². The summed E-state index contributed by atoms with van der Waals surface area (Å²) in [5.41, 5.74) is 0. The smallest absolute Gasteiger partial charge is 0.227 e. The Morgan fingerprint density at radius 1 is 1.60 bits per heavy atom. The molecule has 0 N–H and O–H groups in total. The monoisotopic (exact) mass is 318 g/mol. The van der Waals surface area contributed by atoms with Gasteiger partial charge in [-0.15, -0.1) is 11.3 Å². The second-order valence-electron chi connectivity index (χ2n) is 4.78. The van der Waals surface area contributed by atoms with Gasteiger partial charge in [0.05, 0.1) is 30.6 Å². The minimum Gasteiger partial charge on any atom is -0.383 e. The van der Waals surface area contributed by atoms with Crippen LogP contribution in [0, 0.1) is 5.92 Å². The summed E-state index contributed by atoms with van der Waals surface area (Å²) in [6.45, 7) is 1.29. The molecular formula is C12H18N2O4S2. The van der Waals surface area contributed by atoms with Gasteiger partial charge in [-0.05, 0) is 6.42 Å². The highest BCUT2D eigenvalue weighted by atomic mass is 32.2. The molecule has 1 fully saturated rings. The van der Waals surface area contributed by atoms with E-state index in [-0.39, 0.29) is 17.4 Å². The summed E-state index contributed by atoms with van der Waals surface area (Å²) < 4.78 is 28.0. The molecule has 0 aromatic carbocycles. The zero-order valence-corrected chi connectivity index (χ0v) is 13.0. The normalized spacial score (nSPS) is 20.9. The Morgan fingerprint density at radius 3 is 2.95 bits per heavy atom. The molecule has 2 rings (SSSR count). The van der Waals surface area contributed by atoms with Gasteiger partial charge in [0.2, 0.25) is 5.91 Å². The van der Waals surface area contributed by atoms with Crippen molar-refractivity contribution in [2.45, 2.75) is 13.0 Å². The second kappa shape index (κ2) is 6.64. The average Bonchev–Trinajstić information content (AvgIpc) is 3.03. The van der Waals surface area contributed by atoms with Gasteiger partial charge in [0.15, 0.2) is 9.84 Å². The predicted octanol–water partition coefficient (Wildman–Crippen LogP) is 0.553. The maximum absolute atomic E-state index is 12.4. The SMILES string of the molecule is COCCN(Cc1nccs1)C(=O)C1CCS(=O)(=O)C1. The minimum absolute atomic E-state index is 0.0345. The van der Waals surface area contributed by atoms with Crippen molar-refractivity contribution in [1.82, 2.24) is 9.88 Å². The van der Waals surface area contributed by atoms with Crippen molar-refractivity contribution < 1.29 is 17.9 Å². The van der Waals surface area contributed by atoms with Gasteiger partial charge >= 0.3 is 0 Å². The minimum atomic E-state index is -3.05. The molecule has 0 bridgehead atoms. The third-order valence-electron chi connectivity index (χ3n) is 3.27. The molecule has 6 nitrogen and oxygen atoms in total. The summed E-state index contributed by atoms with van der Waals surface area (Å²) in [6, 6.07) is 0. The highest BCUT2D eigenvalue weighted by Gasteiger charge is 2.35. The maximum Gasteiger partial charge on any atom is 0.227 e. The molecule has 1 aliphatic heterocycles. The number of carbonyl (C=O) groups excluding carboxylic acids is 1. The van der Waals surface area contributed by atoms with E-state index >= 15 is 0 Å². The van der Waals surface area contributed by atoms with Crippen LogP contribution in [0.1, 0.15) is 11.4 Å². The summed E-state index contributed by atoms with van der Waals surface area (Å²) in [4.78, 5) is 18.3. The zero-order valence-electron chi connectivity index (χ0n) is 11.3. The number of ether oxygens (including phenoxy) is 1. The van der Waals surface area contributed by atoms with Gasteiger partial charge in [-0.25, -0.2) is 13.4 Å². The van der Waals surface area contributed by atoms with E-state index in [1.165, 1.54) is 11.3 Å². The quantitative estimate of drug-likeness (QED) is 0.766. The fourth-order valence-corrected chi connectivity index (χ4v) is 4.57. The molecular weight excluding hydrogens is 300 g/mol. The van der Waals surface area contributed by atoms with Crippen LogP contribution >= 0.6 is 11.3 Å². The van der Waals surface area contributed by atoms with Gasteiger partial charge in [-0.1, -0.05) is 0 Å². The Hall–Kier alpha value is -0.990. The average molecular weight is 318 g/mol. The van der Waals surface area contributed by atoms with E-state index in [4.69, 9.17) is 4.74 Å². The van der Waals surface area contributed by atoms with Crippen molar-refractivity contribution >= 4 is 27.1 Å². The van der Waals surface area contributed by atoms with Gasteiger partial charge in [-0.2, -0.15) is 0 Å². The fourth-order valence-electron chi connectivity index (χ4n) is 2.21. The lowest BCUT2D eigenvalue weighted by molar-refractivity contribution is -0.136. The van der Waals surface area contributed by atoms with Gasteiger partial charge in [0.25, 0.3) is 0 Å². The van der Waals surface area contributed by atoms with Gasteiger partial charge in [0, 0.05) is 25.2 Å². The summed E-state index contributed by atoms with van der Waals surface area (Å²) in [7, 11) is -1.47. The summed E-state index contributed by atoms with van der Waals surface area (Å²) in [5.74, 6) is -0.457. The van der Waals surface area contributed by atoms with E-state index < -0.39 is 15.8 Å². The summed E-state index contributed by atoms with van der Waals surface area (Å²) in [6.07, 6.45) is 2.11. The molecule has 1 aliphatic rings. The number of rotatable bonds is 6. The zero-order chi connectivity index (χ0) is 14.6. The van der Waals surface area contributed by atoms with E-state index in [0.29, 0.717) is 26.1 Å². The molecule has 112 valence electrons. The predicted molar refractivity (Wildman–Crippen MR) is 76.2 cm³/mol. The van der Waals surface area contributed by atoms with Crippen molar-refractivity contribution in [2.75, 3.05) is 31.8 Å². The van der Waals surface area contributed by atoms with Crippen LogP contribution in [0.2, 0.25) is 0 Å².